The smallest absolute Gasteiger partial charge is 0.164 e. The number of likely N-dealkylation sites (tertiary alicyclic amines) is 1. The molecule has 0 spiro atoms. The second kappa shape index (κ2) is 4.62. The summed E-state index contributed by atoms with van der Waals surface area (Å²) >= 11 is 4.75. The van der Waals surface area contributed by atoms with E-state index in [9.17, 15) is 0 Å². The zero-order chi connectivity index (χ0) is 8.97. The van der Waals surface area contributed by atoms with Gasteiger partial charge >= 0.3 is 0 Å². The highest BCUT2D eigenvalue weighted by molar-refractivity contribution is 7.80. The zero-order valence-electron chi connectivity index (χ0n) is 7.55. The minimum Gasteiger partial charge on any atom is -0.376 e. The molecule has 0 amide bonds. The topological polar surface area (TPSA) is 41.3 Å². The lowest BCUT2D eigenvalue weighted by Gasteiger charge is -2.23. The van der Waals surface area contributed by atoms with Gasteiger partial charge in [-0.25, -0.2) is 0 Å². The van der Waals surface area contributed by atoms with Crippen LogP contribution < -0.4 is 11.1 Å². The predicted molar refractivity (Wildman–Crippen MR) is 54.8 cm³/mol. The lowest BCUT2D eigenvalue weighted by Crippen LogP contribution is -2.42. The highest BCUT2D eigenvalue weighted by Gasteiger charge is 2.21. The van der Waals surface area contributed by atoms with Gasteiger partial charge in [0, 0.05) is 12.6 Å². The second-order valence-electron chi connectivity index (χ2n) is 3.22. The number of thiocarbonyl (C=S) groups is 1. The average Bonchev–Trinajstić information content (AvgIpc) is 2.47. The van der Waals surface area contributed by atoms with Crippen molar-refractivity contribution in [1.29, 1.82) is 0 Å². The third-order valence-corrected chi connectivity index (χ3v) is 2.57. The third-order valence-electron chi connectivity index (χ3n) is 2.43. The lowest BCUT2D eigenvalue weighted by atomic mass is 10.2. The first-order chi connectivity index (χ1) is 5.74. The van der Waals surface area contributed by atoms with Gasteiger partial charge in [0.25, 0.3) is 0 Å². The molecule has 4 heteroatoms. The van der Waals surface area contributed by atoms with E-state index >= 15 is 0 Å². The fraction of sp³-hybridized carbons (Fsp3) is 0.875. The number of nitrogens with two attached hydrogens (primary N) is 1. The van der Waals surface area contributed by atoms with Crippen molar-refractivity contribution in [2.24, 2.45) is 5.73 Å². The van der Waals surface area contributed by atoms with E-state index in [0.717, 1.165) is 12.7 Å². The maximum atomic E-state index is 5.35. The minimum absolute atomic E-state index is 0.400. The molecule has 0 saturated carbocycles. The Bertz CT molecular complexity index is 160. The number of rotatable bonds is 3. The molecule has 1 aliphatic heterocycles. The van der Waals surface area contributed by atoms with Crippen molar-refractivity contribution in [3.63, 3.8) is 0 Å². The van der Waals surface area contributed by atoms with E-state index in [1.807, 2.05) is 0 Å². The van der Waals surface area contributed by atoms with Crippen LogP contribution in [0.25, 0.3) is 0 Å². The maximum absolute atomic E-state index is 5.35. The van der Waals surface area contributed by atoms with Crippen LogP contribution in [-0.2, 0) is 0 Å². The summed E-state index contributed by atoms with van der Waals surface area (Å²) in [6.45, 7) is 4.21. The van der Waals surface area contributed by atoms with Crippen molar-refractivity contribution in [3.05, 3.63) is 0 Å². The molecule has 3 N–H and O–H groups in total. The van der Waals surface area contributed by atoms with Gasteiger partial charge in [0.05, 0.1) is 6.67 Å². The highest BCUT2D eigenvalue weighted by atomic mass is 32.1. The Labute approximate surface area is 79.3 Å². The molecule has 3 nitrogen and oxygen atoms in total. The number of hydrogen-bond acceptors (Lipinski definition) is 2. The van der Waals surface area contributed by atoms with Crippen molar-refractivity contribution in [2.45, 2.75) is 32.2 Å². The van der Waals surface area contributed by atoms with E-state index in [4.69, 9.17) is 18.0 Å². The van der Waals surface area contributed by atoms with Gasteiger partial charge in [0.15, 0.2) is 5.11 Å². The van der Waals surface area contributed by atoms with Crippen LogP contribution in [0.3, 0.4) is 0 Å². The summed E-state index contributed by atoms with van der Waals surface area (Å²) in [5.74, 6) is 0. The summed E-state index contributed by atoms with van der Waals surface area (Å²) in [6, 6.07) is 0.729. The van der Waals surface area contributed by atoms with Gasteiger partial charge in [-0.2, -0.15) is 0 Å². The molecule has 0 aromatic rings. The van der Waals surface area contributed by atoms with Crippen LogP contribution in [0.1, 0.15) is 26.2 Å². The minimum atomic E-state index is 0.400. The van der Waals surface area contributed by atoms with Gasteiger partial charge in [-0.15, -0.1) is 0 Å². The molecule has 0 aromatic carbocycles. The first-order valence-corrected chi connectivity index (χ1v) is 4.92. The molecule has 70 valence electrons. The Morgan fingerprint density at radius 3 is 3.08 bits per heavy atom. The molecular formula is C8H17N3S. The molecule has 1 heterocycles. The Morgan fingerprint density at radius 1 is 1.75 bits per heavy atom. The summed E-state index contributed by atoms with van der Waals surface area (Å²) in [4.78, 5) is 2.40. The first-order valence-electron chi connectivity index (χ1n) is 4.51. The van der Waals surface area contributed by atoms with Gasteiger partial charge < -0.3 is 11.1 Å². The van der Waals surface area contributed by atoms with Crippen LogP contribution in [0.5, 0.6) is 0 Å². The zero-order valence-corrected chi connectivity index (χ0v) is 8.36. The summed E-state index contributed by atoms with van der Waals surface area (Å²) < 4.78 is 0. The van der Waals surface area contributed by atoms with Crippen LogP contribution in [0.4, 0.5) is 0 Å². The Hall–Kier alpha value is -0.350. The number of hydrogen-bond donors (Lipinski definition) is 2. The van der Waals surface area contributed by atoms with Gasteiger partial charge in [0.2, 0.25) is 0 Å². The molecule has 12 heavy (non-hydrogen) atoms. The molecule has 1 unspecified atom stereocenters. The van der Waals surface area contributed by atoms with E-state index in [1.165, 1.54) is 25.8 Å². The summed E-state index contributed by atoms with van der Waals surface area (Å²) in [6.07, 6.45) is 3.84. The summed E-state index contributed by atoms with van der Waals surface area (Å²) in [7, 11) is 0. The van der Waals surface area contributed by atoms with E-state index < -0.39 is 0 Å². The number of nitrogens with one attached hydrogen (secondary N) is 1. The van der Waals surface area contributed by atoms with Gasteiger partial charge in [-0.3, -0.25) is 4.90 Å². The van der Waals surface area contributed by atoms with Crippen molar-refractivity contribution in [2.75, 3.05) is 13.2 Å². The Kier molecular flexibility index (Phi) is 3.75. The Morgan fingerprint density at radius 2 is 2.50 bits per heavy atom. The fourth-order valence-electron chi connectivity index (χ4n) is 1.75. The van der Waals surface area contributed by atoms with Crippen LogP contribution in [0.15, 0.2) is 0 Å². The summed E-state index contributed by atoms with van der Waals surface area (Å²) in [5, 5.41) is 3.39. The maximum Gasteiger partial charge on any atom is 0.164 e. The van der Waals surface area contributed by atoms with Crippen molar-refractivity contribution in [1.82, 2.24) is 10.2 Å². The van der Waals surface area contributed by atoms with E-state index in [0.29, 0.717) is 5.11 Å². The van der Waals surface area contributed by atoms with E-state index in [2.05, 4.69) is 17.1 Å². The van der Waals surface area contributed by atoms with E-state index in [1.54, 1.807) is 0 Å². The molecule has 0 aliphatic carbocycles. The van der Waals surface area contributed by atoms with Crippen LogP contribution in [0.2, 0.25) is 0 Å². The van der Waals surface area contributed by atoms with Crippen LogP contribution in [-0.4, -0.2) is 29.3 Å². The van der Waals surface area contributed by atoms with Crippen molar-refractivity contribution >= 4 is 17.3 Å². The quantitative estimate of drug-likeness (QED) is 0.637. The summed E-state index contributed by atoms with van der Waals surface area (Å²) in [5.41, 5.74) is 5.35. The normalized spacial score (nSPS) is 24.2. The fourth-order valence-corrected chi connectivity index (χ4v) is 1.81. The van der Waals surface area contributed by atoms with Gasteiger partial charge in [0.1, 0.15) is 0 Å². The lowest BCUT2D eigenvalue weighted by molar-refractivity contribution is 0.244. The molecular weight excluding hydrogens is 170 g/mol. The van der Waals surface area contributed by atoms with E-state index in [-0.39, 0.29) is 0 Å². The molecule has 1 atom stereocenters. The van der Waals surface area contributed by atoms with Crippen LogP contribution >= 0.6 is 12.2 Å². The molecule has 0 bridgehead atoms. The number of nitrogens with zero attached hydrogens (tertiary/aromatic N) is 1. The molecule has 1 saturated heterocycles. The first kappa shape index (κ1) is 9.74. The van der Waals surface area contributed by atoms with Gasteiger partial charge in [-0.1, -0.05) is 6.92 Å². The monoisotopic (exact) mass is 187 g/mol. The van der Waals surface area contributed by atoms with Crippen molar-refractivity contribution < 1.29 is 0 Å². The molecule has 1 rings (SSSR count). The molecule has 0 radical (unpaired) electrons. The average molecular weight is 187 g/mol. The predicted octanol–water partition coefficient (Wildman–Crippen LogP) is 0.652. The van der Waals surface area contributed by atoms with Gasteiger partial charge in [-0.05, 0) is 31.5 Å². The largest absolute Gasteiger partial charge is 0.376 e. The highest BCUT2D eigenvalue weighted by Crippen LogP contribution is 2.18. The second-order valence-corrected chi connectivity index (χ2v) is 3.66. The third kappa shape index (κ3) is 2.60. The Balaban J connectivity index is 2.26. The standard InChI is InChI=1S/C8H17N3S/c1-2-7-4-3-5-11(7)6-10-8(9)12/h7H,2-6H2,1H3,(H3,9,10,12). The SMILES string of the molecule is CCC1CCCN1CNC(N)=S. The van der Waals surface area contributed by atoms with Crippen molar-refractivity contribution in [3.8, 4) is 0 Å². The van der Waals surface area contributed by atoms with Crippen LogP contribution in [0, 0.1) is 0 Å². The molecule has 0 aromatic heterocycles. The molecule has 1 fully saturated rings. The molecule has 1 aliphatic rings.